The first-order chi connectivity index (χ1) is 9.04. The summed E-state index contributed by atoms with van der Waals surface area (Å²) in [7, 11) is -3.61. The summed E-state index contributed by atoms with van der Waals surface area (Å²) >= 11 is 1.14. The highest BCUT2D eigenvalue weighted by atomic mass is 32.2. The van der Waals surface area contributed by atoms with Crippen LogP contribution in [-0.2, 0) is 14.8 Å². The van der Waals surface area contributed by atoms with Gasteiger partial charge < -0.3 is 5.32 Å². The van der Waals surface area contributed by atoms with E-state index >= 15 is 0 Å². The third-order valence-electron chi connectivity index (χ3n) is 2.68. The van der Waals surface area contributed by atoms with Gasteiger partial charge in [-0.1, -0.05) is 12.1 Å². The number of hydrogen-bond acceptors (Lipinski definition) is 4. The summed E-state index contributed by atoms with van der Waals surface area (Å²) in [5, 5.41) is 4.48. The molecule has 104 valence electrons. The molecule has 19 heavy (non-hydrogen) atoms. The molecule has 1 aromatic rings. The molecule has 0 saturated heterocycles. The monoisotopic (exact) mass is 300 g/mol. The fourth-order valence-corrected chi connectivity index (χ4v) is 4.10. The van der Waals surface area contributed by atoms with Crippen LogP contribution in [0.15, 0.2) is 34.4 Å². The van der Waals surface area contributed by atoms with Gasteiger partial charge in [-0.3, -0.25) is 4.79 Å². The van der Waals surface area contributed by atoms with Crippen LogP contribution >= 0.6 is 11.3 Å². The summed E-state index contributed by atoms with van der Waals surface area (Å²) in [5.74, 6) is -0.260. The molecule has 0 atom stereocenters. The minimum Gasteiger partial charge on any atom is -0.352 e. The Balaban J connectivity index is 2.10. The molecule has 2 rings (SSSR count). The summed E-state index contributed by atoms with van der Waals surface area (Å²) < 4.78 is 26.0. The first-order valence-electron chi connectivity index (χ1n) is 5.98. The van der Waals surface area contributed by atoms with Crippen LogP contribution in [0, 0.1) is 0 Å². The first kappa shape index (κ1) is 14.2. The van der Waals surface area contributed by atoms with Crippen molar-refractivity contribution in [3.63, 3.8) is 0 Å². The Kier molecular flexibility index (Phi) is 4.38. The van der Waals surface area contributed by atoms with E-state index in [1.807, 2.05) is 0 Å². The van der Waals surface area contributed by atoms with Crippen LogP contribution in [0.25, 0.3) is 0 Å². The normalized spacial score (nSPS) is 15.4. The molecule has 1 heterocycles. The zero-order chi connectivity index (χ0) is 13.9. The Morgan fingerprint density at radius 3 is 2.84 bits per heavy atom. The van der Waals surface area contributed by atoms with Crippen LogP contribution in [0.4, 0.5) is 0 Å². The minimum atomic E-state index is -3.61. The Morgan fingerprint density at radius 1 is 1.58 bits per heavy atom. The van der Waals surface area contributed by atoms with E-state index in [2.05, 4.69) is 11.9 Å². The van der Waals surface area contributed by atoms with Crippen molar-refractivity contribution in [2.45, 2.75) is 23.1 Å². The predicted octanol–water partition coefficient (Wildman–Crippen LogP) is 1.20. The maximum atomic E-state index is 12.3. The number of rotatable bonds is 7. The Morgan fingerprint density at radius 2 is 2.32 bits per heavy atom. The van der Waals surface area contributed by atoms with Gasteiger partial charge >= 0.3 is 0 Å². The van der Waals surface area contributed by atoms with Gasteiger partial charge in [0.25, 0.3) is 10.0 Å². The molecule has 0 aromatic carbocycles. The highest BCUT2D eigenvalue weighted by Crippen LogP contribution is 2.21. The number of amides is 1. The molecule has 0 spiro atoms. The van der Waals surface area contributed by atoms with Gasteiger partial charge in [-0.2, -0.15) is 4.31 Å². The van der Waals surface area contributed by atoms with Crippen molar-refractivity contribution in [3.8, 4) is 0 Å². The van der Waals surface area contributed by atoms with E-state index < -0.39 is 10.0 Å². The van der Waals surface area contributed by atoms with Gasteiger partial charge in [0.05, 0.1) is 6.54 Å². The number of thiophene rings is 1. The molecular weight excluding hydrogens is 284 g/mol. The van der Waals surface area contributed by atoms with E-state index in [9.17, 15) is 13.2 Å². The van der Waals surface area contributed by atoms with E-state index in [0.29, 0.717) is 0 Å². The second-order valence-corrected chi connectivity index (χ2v) is 7.47. The Labute approximate surface area is 117 Å². The lowest BCUT2D eigenvalue weighted by Crippen LogP contribution is -2.41. The van der Waals surface area contributed by atoms with E-state index in [-0.39, 0.29) is 29.2 Å². The third-order valence-corrected chi connectivity index (χ3v) is 5.87. The summed E-state index contributed by atoms with van der Waals surface area (Å²) in [5.41, 5.74) is 0. The van der Waals surface area contributed by atoms with Crippen LogP contribution < -0.4 is 5.32 Å². The molecule has 0 bridgehead atoms. The lowest BCUT2D eigenvalue weighted by Gasteiger charge is -2.19. The van der Waals surface area contributed by atoms with Crippen LogP contribution in [0.2, 0.25) is 0 Å². The fourth-order valence-electron chi connectivity index (χ4n) is 1.59. The highest BCUT2D eigenvalue weighted by molar-refractivity contribution is 7.91. The smallest absolute Gasteiger partial charge is 0.253 e. The molecule has 0 radical (unpaired) electrons. The highest BCUT2D eigenvalue weighted by Gasteiger charge is 2.29. The van der Waals surface area contributed by atoms with Gasteiger partial charge in [0, 0.05) is 12.6 Å². The average Bonchev–Trinajstić information content (AvgIpc) is 2.97. The van der Waals surface area contributed by atoms with Crippen molar-refractivity contribution in [1.29, 1.82) is 0 Å². The molecule has 0 unspecified atom stereocenters. The number of hydrogen-bond donors (Lipinski definition) is 1. The second kappa shape index (κ2) is 5.85. The molecule has 1 aromatic heterocycles. The summed E-state index contributed by atoms with van der Waals surface area (Å²) in [6.45, 7) is 3.50. The van der Waals surface area contributed by atoms with Crippen molar-refractivity contribution >= 4 is 27.3 Å². The van der Waals surface area contributed by atoms with E-state index in [1.54, 1.807) is 11.4 Å². The molecular formula is C12H16N2O3S2. The van der Waals surface area contributed by atoms with Gasteiger partial charge in [-0.25, -0.2) is 8.42 Å². The third kappa shape index (κ3) is 3.65. The predicted molar refractivity (Wildman–Crippen MR) is 74.4 cm³/mol. The Bertz CT molecular complexity index is 548. The van der Waals surface area contributed by atoms with Gasteiger partial charge in [-0.15, -0.1) is 17.9 Å². The van der Waals surface area contributed by atoms with Gasteiger partial charge in [0.2, 0.25) is 5.91 Å². The summed E-state index contributed by atoms with van der Waals surface area (Å²) in [6, 6.07) is 3.44. The molecule has 7 heteroatoms. The van der Waals surface area contributed by atoms with E-state index in [1.165, 1.54) is 12.1 Å². The maximum Gasteiger partial charge on any atom is 0.253 e. The van der Waals surface area contributed by atoms with Crippen LogP contribution in [-0.4, -0.2) is 37.8 Å². The standard InChI is InChI=1S/C12H16N2O3S2/c1-2-7-14(9-11(15)13-10-5-6-10)19(16,17)12-4-3-8-18-12/h2-4,8,10H,1,5-7,9H2,(H,13,15). The van der Waals surface area contributed by atoms with Crippen LogP contribution in [0.3, 0.4) is 0 Å². The SMILES string of the molecule is C=CCN(CC(=O)NC1CC1)S(=O)(=O)c1cccs1. The minimum absolute atomic E-state index is 0.123. The zero-order valence-electron chi connectivity index (χ0n) is 10.4. The van der Waals surface area contributed by atoms with Crippen molar-refractivity contribution in [3.05, 3.63) is 30.2 Å². The molecule has 1 aliphatic carbocycles. The molecule has 1 fully saturated rings. The van der Waals surface area contributed by atoms with Crippen LogP contribution in [0.5, 0.6) is 0 Å². The first-order valence-corrected chi connectivity index (χ1v) is 8.30. The number of carbonyl (C=O) groups excluding carboxylic acids is 1. The average molecular weight is 300 g/mol. The Hall–Kier alpha value is -1.18. The molecule has 0 aliphatic heterocycles. The van der Waals surface area contributed by atoms with Crippen molar-refractivity contribution in [1.82, 2.24) is 9.62 Å². The number of carbonyl (C=O) groups is 1. The molecule has 1 amide bonds. The van der Waals surface area contributed by atoms with Gasteiger partial charge in [0.1, 0.15) is 4.21 Å². The van der Waals surface area contributed by atoms with E-state index in [4.69, 9.17) is 0 Å². The topological polar surface area (TPSA) is 66.5 Å². The van der Waals surface area contributed by atoms with Crippen molar-refractivity contribution in [2.75, 3.05) is 13.1 Å². The zero-order valence-corrected chi connectivity index (χ0v) is 12.0. The van der Waals surface area contributed by atoms with Crippen molar-refractivity contribution < 1.29 is 13.2 Å². The van der Waals surface area contributed by atoms with Gasteiger partial charge in [0.15, 0.2) is 0 Å². The largest absolute Gasteiger partial charge is 0.352 e. The lowest BCUT2D eigenvalue weighted by atomic mass is 10.5. The summed E-state index contributed by atoms with van der Waals surface area (Å²) in [4.78, 5) is 11.7. The molecule has 5 nitrogen and oxygen atoms in total. The fraction of sp³-hybridized carbons (Fsp3) is 0.417. The molecule has 1 N–H and O–H groups in total. The second-order valence-electron chi connectivity index (χ2n) is 4.36. The van der Waals surface area contributed by atoms with Crippen molar-refractivity contribution in [2.24, 2.45) is 0 Å². The summed E-state index contributed by atoms with van der Waals surface area (Å²) in [6.07, 6.45) is 3.44. The lowest BCUT2D eigenvalue weighted by molar-refractivity contribution is -0.121. The number of nitrogens with zero attached hydrogens (tertiary/aromatic N) is 1. The maximum absolute atomic E-state index is 12.3. The van der Waals surface area contributed by atoms with E-state index in [0.717, 1.165) is 28.5 Å². The van der Waals surface area contributed by atoms with Gasteiger partial charge in [-0.05, 0) is 24.3 Å². The number of sulfonamides is 1. The molecule has 1 saturated carbocycles. The van der Waals surface area contributed by atoms with Crippen LogP contribution in [0.1, 0.15) is 12.8 Å². The quantitative estimate of drug-likeness (QED) is 0.770. The molecule has 1 aliphatic rings. The number of nitrogens with one attached hydrogen (secondary N) is 1.